The lowest BCUT2D eigenvalue weighted by atomic mass is 9.85. The van der Waals surface area contributed by atoms with Gasteiger partial charge in [-0.15, -0.1) is 0 Å². The Morgan fingerprint density at radius 1 is 1.40 bits per heavy atom. The number of nitriles is 1. The molecular formula is C12H22N2O. The lowest BCUT2D eigenvalue weighted by Gasteiger charge is -2.31. The smallest absolute Gasteiger partial charge is 0.0746 e. The van der Waals surface area contributed by atoms with Crippen LogP contribution in [0.3, 0.4) is 0 Å². The lowest BCUT2D eigenvalue weighted by molar-refractivity contribution is 0.0189. The van der Waals surface area contributed by atoms with Gasteiger partial charge in [0.15, 0.2) is 0 Å². The quantitative estimate of drug-likeness (QED) is 0.772. The molecule has 0 amide bonds. The van der Waals surface area contributed by atoms with Crippen LogP contribution in [0.1, 0.15) is 39.5 Å². The molecule has 0 aromatic heterocycles. The SMILES string of the molecule is COC(C)(C)CNC1CCCCC1C#N. The van der Waals surface area contributed by atoms with Crippen molar-refractivity contribution < 1.29 is 4.74 Å². The lowest BCUT2D eigenvalue weighted by Crippen LogP contribution is -2.45. The summed E-state index contributed by atoms with van der Waals surface area (Å²) in [5.74, 6) is 0.186. The summed E-state index contributed by atoms with van der Waals surface area (Å²) in [6.07, 6.45) is 4.60. The van der Waals surface area contributed by atoms with E-state index in [0.29, 0.717) is 6.04 Å². The van der Waals surface area contributed by atoms with E-state index in [4.69, 9.17) is 10.00 Å². The normalized spacial score (nSPS) is 27.3. The second-order valence-corrected chi connectivity index (χ2v) is 4.97. The first-order valence-corrected chi connectivity index (χ1v) is 5.77. The monoisotopic (exact) mass is 210 g/mol. The van der Waals surface area contributed by atoms with Crippen molar-refractivity contribution in [3.8, 4) is 6.07 Å². The van der Waals surface area contributed by atoms with E-state index in [0.717, 1.165) is 19.4 Å². The first-order valence-electron chi connectivity index (χ1n) is 5.77. The average Bonchev–Trinajstić information content (AvgIpc) is 2.27. The predicted molar refractivity (Wildman–Crippen MR) is 60.4 cm³/mol. The molecule has 1 aliphatic carbocycles. The van der Waals surface area contributed by atoms with Gasteiger partial charge in [-0.2, -0.15) is 5.26 Å². The molecule has 86 valence electrons. The average molecular weight is 210 g/mol. The van der Waals surface area contributed by atoms with Crippen LogP contribution in [0.15, 0.2) is 0 Å². The minimum Gasteiger partial charge on any atom is -0.377 e. The van der Waals surface area contributed by atoms with E-state index in [2.05, 4.69) is 25.2 Å². The van der Waals surface area contributed by atoms with Crippen molar-refractivity contribution >= 4 is 0 Å². The van der Waals surface area contributed by atoms with E-state index in [1.54, 1.807) is 7.11 Å². The number of hydrogen-bond donors (Lipinski definition) is 1. The highest BCUT2D eigenvalue weighted by Crippen LogP contribution is 2.24. The number of nitrogens with zero attached hydrogens (tertiary/aromatic N) is 1. The number of rotatable bonds is 4. The largest absolute Gasteiger partial charge is 0.377 e. The van der Waals surface area contributed by atoms with Crippen LogP contribution >= 0.6 is 0 Å². The Labute approximate surface area is 92.8 Å². The van der Waals surface area contributed by atoms with Gasteiger partial charge in [0.1, 0.15) is 0 Å². The third kappa shape index (κ3) is 3.81. The molecule has 2 atom stereocenters. The summed E-state index contributed by atoms with van der Waals surface area (Å²) in [4.78, 5) is 0. The van der Waals surface area contributed by atoms with E-state index < -0.39 is 0 Å². The summed E-state index contributed by atoms with van der Waals surface area (Å²) in [6, 6.07) is 2.76. The zero-order valence-electron chi connectivity index (χ0n) is 10.0. The third-order valence-corrected chi connectivity index (χ3v) is 3.27. The summed E-state index contributed by atoms with van der Waals surface area (Å²) in [6.45, 7) is 4.93. The molecule has 3 nitrogen and oxygen atoms in total. The minimum absolute atomic E-state index is 0.141. The van der Waals surface area contributed by atoms with Crippen molar-refractivity contribution in [2.45, 2.75) is 51.2 Å². The van der Waals surface area contributed by atoms with E-state index in [1.807, 2.05) is 0 Å². The van der Waals surface area contributed by atoms with Gasteiger partial charge in [-0.1, -0.05) is 12.8 Å². The molecule has 0 aliphatic heterocycles. The first-order chi connectivity index (χ1) is 7.09. The fourth-order valence-corrected chi connectivity index (χ4v) is 1.98. The van der Waals surface area contributed by atoms with E-state index in [-0.39, 0.29) is 11.5 Å². The molecule has 15 heavy (non-hydrogen) atoms. The van der Waals surface area contributed by atoms with Crippen molar-refractivity contribution in [2.75, 3.05) is 13.7 Å². The summed E-state index contributed by atoms with van der Waals surface area (Å²) in [5.41, 5.74) is -0.141. The summed E-state index contributed by atoms with van der Waals surface area (Å²) in [7, 11) is 1.73. The highest BCUT2D eigenvalue weighted by Gasteiger charge is 2.26. The zero-order chi connectivity index (χ0) is 11.3. The molecule has 0 aromatic carbocycles. The zero-order valence-corrected chi connectivity index (χ0v) is 10.0. The molecule has 0 saturated heterocycles. The topological polar surface area (TPSA) is 45.0 Å². The van der Waals surface area contributed by atoms with Crippen molar-refractivity contribution in [3.05, 3.63) is 0 Å². The predicted octanol–water partition coefficient (Wildman–Crippen LogP) is 2.08. The maximum absolute atomic E-state index is 9.03. The minimum atomic E-state index is -0.141. The van der Waals surface area contributed by atoms with Crippen molar-refractivity contribution in [3.63, 3.8) is 0 Å². The van der Waals surface area contributed by atoms with Gasteiger partial charge in [-0.3, -0.25) is 0 Å². The Bertz CT molecular complexity index is 232. The summed E-state index contributed by atoms with van der Waals surface area (Å²) < 4.78 is 5.35. The molecule has 0 bridgehead atoms. The fraction of sp³-hybridized carbons (Fsp3) is 0.917. The van der Waals surface area contributed by atoms with Crippen molar-refractivity contribution in [1.82, 2.24) is 5.32 Å². The highest BCUT2D eigenvalue weighted by molar-refractivity contribution is 4.95. The molecule has 0 spiro atoms. The van der Waals surface area contributed by atoms with Crippen LogP contribution in [0.25, 0.3) is 0 Å². The second-order valence-electron chi connectivity index (χ2n) is 4.97. The Hall–Kier alpha value is -0.590. The van der Waals surface area contributed by atoms with E-state index >= 15 is 0 Å². The van der Waals surface area contributed by atoms with Gasteiger partial charge in [-0.05, 0) is 26.7 Å². The maximum atomic E-state index is 9.03. The van der Waals surface area contributed by atoms with Crippen molar-refractivity contribution in [2.24, 2.45) is 5.92 Å². The van der Waals surface area contributed by atoms with E-state index in [1.165, 1.54) is 12.8 Å². The van der Waals surface area contributed by atoms with Gasteiger partial charge in [0.25, 0.3) is 0 Å². The highest BCUT2D eigenvalue weighted by atomic mass is 16.5. The second kappa shape index (κ2) is 5.48. The van der Waals surface area contributed by atoms with Crippen LogP contribution in [-0.2, 0) is 4.74 Å². The molecule has 1 fully saturated rings. The molecule has 0 aromatic rings. The fourth-order valence-electron chi connectivity index (χ4n) is 1.98. The Morgan fingerprint density at radius 2 is 2.07 bits per heavy atom. The molecule has 1 N–H and O–H groups in total. The summed E-state index contributed by atoms with van der Waals surface area (Å²) in [5, 5.41) is 12.5. The number of hydrogen-bond acceptors (Lipinski definition) is 3. The van der Waals surface area contributed by atoms with Gasteiger partial charge < -0.3 is 10.1 Å². The van der Waals surface area contributed by atoms with Gasteiger partial charge in [-0.25, -0.2) is 0 Å². The van der Waals surface area contributed by atoms with Crippen LogP contribution in [0, 0.1) is 17.2 Å². The number of ether oxygens (including phenoxy) is 1. The van der Waals surface area contributed by atoms with Crippen LogP contribution in [-0.4, -0.2) is 25.3 Å². The molecule has 1 aliphatic rings. The summed E-state index contributed by atoms with van der Waals surface area (Å²) >= 11 is 0. The Morgan fingerprint density at radius 3 is 2.67 bits per heavy atom. The third-order valence-electron chi connectivity index (χ3n) is 3.27. The molecule has 1 saturated carbocycles. The molecule has 1 rings (SSSR count). The van der Waals surface area contributed by atoms with Crippen LogP contribution in [0.5, 0.6) is 0 Å². The maximum Gasteiger partial charge on any atom is 0.0746 e. The molecule has 0 heterocycles. The first kappa shape index (κ1) is 12.5. The van der Waals surface area contributed by atoms with Gasteiger partial charge >= 0.3 is 0 Å². The van der Waals surface area contributed by atoms with Gasteiger partial charge in [0.05, 0.1) is 17.6 Å². The Balaban J connectivity index is 2.39. The number of methoxy groups -OCH3 is 1. The molecule has 3 heteroatoms. The molecule has 2 unspecified atom stereocenters. The Kier molecular flexibility index (Phi) is 4.56. The van der Waals surface area contributed by atoms with Gasteiger partial charge in [0.2, 0.25) is 0 Å². The van der Waals surface area contributed by atoms with Gasteiger partial charge in [0, 0.05) is 19.7 Å². The van der Waals surface area contributed by atoms with Crippen molar-refractivity contribution in [1.29, 1.82) is 5.26 Å². The van der Waals surface area contributed by atoms with E-state index in [9.17, 15) is 0 Å². The number of nitrogens with one attached hydrogen (secondary N) is 1. The van der Waals surface area contributed by atoms with Crippen LogP contribution in [0.4, 0.5) is 0 Å². The molecular weight excluding hydrogens is 188 g/mol. The van der Waals surface area contributed by atoms with Crippen LogP contribution < -0.4 is 5.32 Å². The van der Waals surface area contributed by atoms with Crippen LogP contribution in [0.2, 0.25) is 0 Å². The standard InChI is InChI=1S/C12H22N2O/c1-12(2,15-3)9-14-11-7-5-4-6-10(11)8-13/h10-11,14H,4-7,9H2,1-3H3. The molecule has 0 radical (unpaired) electrons.